The van der Waals surface area contributed by atoms with Crippen molar-refractivity contribution in [2.75, 3.05) is 7.11 Å². The van der Waals surface area contributed by atoms with Crippen LogP contribution in [0.1, 0.15) is 15.9 Å². The monoisotopic (exact) mass is 349 g/mol. The molecule has 0 aromatic heterocycles. The zero-order valence-electron chi connectivity index (χ0n) is 11.1. The van der Waals surface area contributed by atoms with Crippen molar-refractivity contribution in [2.24, 2.45) is 4.99 Å². The Balaban J connectivity index is 2.43. The summed E-state index contributed by atoms with van der Waals surface area (Å²) in [5, 5.41) is 19.1. The highest BCUT2D eigenvalue weighted by Crippen LogP contribution is 2.33. The van der Waals surface area contributed by atoms with E-state index < -0.39 is 5.97 Å². The Bertz CT molecular complexity index is 713. The molecule has 0 radical (unpaired) electrons. The van der Waals surface area contributed by atoms with Crippen molar-refractivity contribution in [1.29, 1.82) is 0 Å². The van der Waals surface area contributed by atoms with Crippen LogP contribution in [0.3, 0.4) is 0 Å². The number of phenolic OH excluding ortho intramolecular Hbond substituents is 1. The van der Waals surface area contributed by atoms with E-state index in [4.69, 9.17) is 9.84 Å². The Morgan fingerprint density at radius 1 is 1.33 bits per heavy atom. The number of para-hydroxylation sites is 1. The van der Waals surface area contributed by atoms with Gasteiger partial charge in [0, 0.05) is 16.3 Å². The second kappa shape index (κ2) is 6.41. The van der Waals surface area contributed by atoms with Crippen LogP contribution >= 0.6 is 15.9 Å². The van der Waals surface area contributed by atoms with Crippen LogP contribution in [0.4, 0.5) is 5.69 Å². The number of aliphatic imine (C=N–C) groups is 1. The van der Waals surface area contributed by atoms with Crippen molar-refractivity contribution in [3.8, 4) is 11.5 Å². The number of hydrogen-bond donors (Lipinski definition) is 2. The molecule has 5 nitrogen and oxygen atoms in total. The molecule has 0 aliphatic carbocycles. The molecule has 0 aliphatic rings. The predicted molar refractivity (Wildman–Crippen MR) is 83.0 cm³/mol. The minimum atomic E-state index is -1.06. The van der Waals surface area contributed by atoms with Gasteiger partial charge in [0.1, 0.15) is 0 Å². The van der Waals surface area contributed by atoms with Crippen molar-refractivity contribution in [2.45, 2.75) is 0 Å². The molecular weight excluding hydrogens is 338 g/mol. The summed E-state index contributed by atoms with van der Waals surface area (Å²) >= 11 is 3.31. The summed E-state index contributed by atoms with van der Waals surface area (Å²) in [7, 11) is 1.45. The molecule has 0 aliphatic heterocycles. The van der Waals surface area contributed by atoms with Gasteiger partial charge in [0.25, 0.3) is 0 Å². The van der Waals surface area contributed by atoms with E-state index in [1.165, 1.54) is 19.4 Å². The van der Waals surface area contributed by atoms with E-state index in [1.807, 2.05) is 0 Å². The second-order valence-electron chi connectivity index (χ2n) is 4.13. The molecule has 0 spiro atoms. The number of rotatable bonds is 4. The third kappa shape index (κ3) is 3.41. The molecule has 21 heavy (non-hydrogen) atoms. The summed E-state index contributed by atoms with van der Waals surface area (Å²) in [4.78, 5) is 15.2. The van der Waals surface area contributed by atoms with Crippen LogP contribution in [0.2, 0.25) is 0 Å². The number of methoxy groups -OCH3 is 1. The van der Waals surface area contributed by atoms with Gasteiger partial charge in [-0.2, -0.15) is 0 Å². The van der Waals surface area contributed by atoms with Gasteiger partial charge in [-0.3, -0.25) is 4.99 Å². The van der Waals surface area contributed by atoms with Gasteiger partial charge in [-0.25, -0.2) is 4.79 Å². The van der Waals surface area contributed by atoms with E-state index in [9.17, 15) is 9.90 Å². The topological polar surface area (TPSA) is 79.1 Å². The molecule has 0 bridgehead atoms. The van der Waals surface area contributed by atoms with Gasteiger partial charge in [-0.1, -0.05) is 28.1 Å². The number of carboxylic acid groups (broad SMARTS) is 1. The number of ether oxygens (including phenoxy) is 1. The van der Waals surface area contributed by atoms with Gasteiger partial charge in [-0.05, 0) is 24.3 Å². The minimum Gasteiger partial charge on any atom is -0.504 e. The van der Waals surface area contributed by atoms with Crippen LogP contribution < -0.4 is 4.74 Å². The fourth-order valence-electron chi connectivity index (χ4n) is 1.75. The summed E-state index contributed by atoms with van der Waals surface area (Å²) in [5.41, 5.74) is 0.819. The Kier molecular flexibility index (Phi) is 4.59. The standard InChI is InChI=1S/C15H12BrNO4/c1-21-13-7-10(16)6-9(14(13)18)8-17-12-5-3-2-4-11(12)15(19)20/h2-8,18H,1H3,(H,19,20). The molecule has 2 aromatic rings. The van der Waals surface area contributed by atoms with E-state index in [1.54, 1.807) is 30.3 Å². The zero-order chi connectivity index (χ0) is 15.4. The smallest absolute Gasteiger partial charge is 0.337 e. The van der Waals surface area contributed by atoms with E-state index in [2.05, 4.69) is 20.9 Å². The average Bonchev–Trinajstić information content (AvgIpc) is 2.47. The summed E-state index contributed by atoms with van der Waals surface area (Å²) in [5.74, 6) is -0.812. The molecule has 2 aromatic carbocycles. The quantitative estimate of drug-likeness (QED) is 0.826. The van der Waals surface area contributed by atoms with Crippen LogP contribution in [0.5, 0.6) is 11.5 Å². The summed E-state index contributed by atoms with van der Waals surface area (Å²) < 4.78 is 5.76. The number of halogens is 1. The molecule has 108 valence electrons. The van der Waals surface area contributed by atoms with Crippen LogP contribution in [-0.2, 0) is 0 Å². The van der Waals surface area contributed by atoms with E-state index >= 15 is 0 Å². The number of aromatic hydroxyl groups is 1. The number of benzene rings is 2. The molecule has 0 fully saturated rings. The largest absolute Gasteiger partial charge is 0.504 e. The van der Waals surface area contributed by atoms with Gasteiger partial charge in [-0.15, -0.1) is 0 Å². The van der Waals surface area contributed by atoms with Gasteiger partial charge >= 0.3 is 5.97 Å². The van der Waals surface area contributed by atoms with Crippen molar-refractivity contribution in [3.63, 3.8) is 0 Å². The molecule has 0 heterocycles. The maximum atomic E-state index is 11.1. The van der Waals surface area contributed by atoms with Gasteiger partial charge in [0.15, 0.2) is 11.5 Å². The third-order valence-corrected chi connectivity index (χ3v) is 3.22. The number of hydrogen-bond acceptors (Lipinski definition) is 4. The SMILES string of the molecule is COc1cc(Br)cc(C=Nc2ccccc2C(=O)O)c1O. The first-order chi connectivity index (χ1) is 10.0. The van der Waals surface area contributed by atoms with Gasteiger partial charge in [0.05, 0.1) is 18.4 Å². The van der Waals surface area contributed by atoms with Gasteiger partial charge < -0.3 is 14.9 Å². The molecule has 0 amide bonds. The van der Waals surface area contributed by atoms with Crippen LogP contribution in [-0.4, -0.2) is 29.5 Å². The van der Waals surface area contributed by atoms with Crippen molar-refractivity contribution >= 4 is 33.8 Å². The lowest BCUT2D eigenvalue weighted by Crippen LogP contribution is -1.96. The van der Waals surface area contributed by atoms with Crippen LogP contribution in [0, 0.1) is 0 Å². The Hall–Kier alpha value is -2.34. The number of aromatic carboxylic acids is 1. The fraction of sp³-hybridized carbons (Fsp3) is 0.0667. The highest BCUT2D eigenvalue weighted by Gasteiger charge is 2.10. The highest BCUT2D eigenvalue weighted by molar-refractivity contribution is 9.10. The molecule has 0 saturated heterocycles. The van der Waals surface area contributed by atoms with Crippen molar-refractivity contribution < 1.29 is 19.7 Å². The molecular formula is C15H12BrNO4. The van der Waals surface area contributed by atoms with E-state index in [0.717, 1.165) is 0 Å². The van der Waals surface area contributed by atoms with Crippen molar-refractivity contribution in [1.82, 2.24) is 0 Å². The molecule has 2 N–H and O–H groups in total. The van der Waals surface area contributed by atoms with Crippen LogP contribution in [0.25, 0.3) is 0 Å². The minimum absolute atomic E-state index is 0.0581. The number of carbonyl (C=O) groups is 1. The maximum Gasteiger partial charge on any atom is 0.337 e. The third-order valence-electron chi connectivity index (χ3n) is 2.77. The van der Waals surface area contributed by atoms with E-state index in [0.29, 0.717) is 21.5 Å². The second-order valence-corrected chi connectivity index (χ2v) is 5.04. The summed E-state index contributed by atoms with van der Waals surface area (Å²) in [6.45, 7) is 0. The number of phenols is 1. The summed E-state index contributed by atoms with van der Waals surface area (Å²) in [6, 6.07) is 9.66. The fourth-order valence-corrected chi connectivity index (χ4v) is 2.21. The first-order valence-electron chi connectivity index (χ1n) is 5.96. The highest BCUT2D eigenvalue weighted by atomic mass is 79.9. The van der Waals surface area contributed by atoms with E-state index in [-0.39, 0.29) is 11.3 Å². The summed E-state index contributed by atoms with van der Waals surface area (Å²) in [6.07, 6.45) is 1.39. The molecule has 0 saturated carbocycles. The van der Waals surface area contributed by atoms with Gasteiger partial charge in [0.2, 0.25) is 0 Å². The molecule has 6 heteroatoms. The number of nitrogens with zero attached hydrogens (tertiary/aromatic N) is 1. The van der Waals surface area contributed by atoms with Crippen molar-refractivity contribution in [3.05, 3.63) is 52.0 Å². The molecule has 2 rings (SSSR count). The molecule has 0 unspecified atom stereocenters. The first kappa shape index (κ1) is 15.1. The number of carboxylic acids is 1. The average molecular weight is 350 g/mol. The molecule has 0 atom stereocenters. The Morgan fingerprint density at radius 3 is 2.71 bits per heavy atom. The Morgan fingerprint density at radius 2 is 2.05 bits per heavy atom. The Labute approximate surface area is 129 Å². The zero-order valence-corrected chi connectivity index (χ0v) is 12.7. The predicted octanol–water partition coefficient (Wildman–Crippen LogP) is 3.61. The lowest BCUT2D eigenvalue weighted by atomic mass is 10.1. The lowest BCUT2D eigenvalue weighted by molar-refractivity contribution is 0.0698. The maximum absolute atomic E-state index is 11.1. The first-order valence-corrected chi connectivity index (χ1v) is 6.75. The lowest BCUT2D eigenvalue weighted by Gasteiger charge is -2.07. The normalized spacial score (nSPS) is 10.8. The van der Waals surface area contributed by atoms with Crippen LogP contribution in [0.15, 0.2) is 45.9 Å².